The van der Waals surface area contributed by atoms with Gasteiger partial charge in [-0.1, -0.05) is 0 Å². The Hall–Kier alpha value is -1.38. The summed E-state index contributed by atoms with van der Waals surface area (Å²) in [5, 5.41) is 0. The molecule has 2 rings (SSSR count). The summed E-state index contributed by atoms with van der Waals surface area (Å²) in [5.74, 6) is 0.122. The molecule has 1 aromatic rings. The molecule has 0 unspecified atom stereocenters. The highest BCUT2D eigenvalue weighted by Crippen LogP contribution is 2.32. The van der Waals surface area contributed by atoms with Crippen molar-refractivity contribution in [2.45, 2.75) is 32.2 Å². The smallest absolute Gasteiger partial charge is 0.219 e. The average Bonchev–Trinajstić information content (AvgIpc) is 2.27. The van der Waals surface area contributed by atoms with Crippen LogP contribution >= 0.6 is 0 Å². The van der Waals surface area contributed by atoms with Crippen LogP contribution in [0.1, 0.15) is 36.9 Å². The second-order valence-electron chi connectivity index (χ2n) is 4.11. The Bertz CT molecular complexity index is 376. The first-order valence-corrected chi connectivity index (χ1v) is 5.36. The predicted octanol–water partition coefficient (Wildman–Crippen LogP) is 1.94. The normalized spacial score (nSPS) is 19.5. The van der Waals surface area contributed by atoms with E-state index in [9.17, 15) is 4.79 Å². The van der Waals surface area contributed by atoms with E-state index in [4.69, 9.17) is 0 Å². The van der Waals surface area contributed by atoms with E-state index in [-0.39, 0.29) is 11.9 Å². The maximum Gasteiger partial charge on any atom is 0.219 e. The monoisotopic (exact) mass is 204 g/mol. The zero-order valence-electron chi connectivity index (χ0n) is 9.23. The van der Waals surface area contributed by atoms with Crippen LogP contribution in [-0.2, 0) is 11.2 Å². The quantitative estimate of drug-likeness (QED) is 0.700. The second-order valence-corrected chi connectivity index (χ2v) is 4.11. The number of rotatable bonds is 1. The Morgan fingerprint density at radius 1 is 1.60 bits per heavy atom. The number of carbonyl (C=O) groups excluding carboxylic acids is 1. The lowest BCUT2D eigenvalue weighted by Crippen LogP contribution is -2.31. The Morgan fingerprint density at radius 2 is 2.40 bits per heavy atom. The minimum Gasteiger partial charge on any atom is -0.339 e. The van der Waals surface area contributed by atoms with Crippen LogP contribution in [0.5, 0.6) is 0 Å². The van der Waals surface area contributed by atoms with Gasteiger partial charge in [0, 0.05) is 26.4 Å². The third-order valence-electron chi connectivity index (χ3n) is 3.19. The van der Waals surface area contributed by atoms with Crippen molar-refractivity contribution >= 4 is 5.91 Å². The van der Waals surface area contributed by atoms with Crippen LogP contribution in [0.15, 0.2) is 18.5 Å². The van der Waals surface area contributed by atoms with Crippen molar-refractivity contribution < 1.29 is 4.79 Å². The SMILES string of the molecule is CC(=O)N(C)[C@H]1CCCc2ccncc21. The molecule has 0 fully saturated rings. The van der Waals surface area contributed by atoms with Crippen LogP contribution in [0.3, 0.4) is 0 Å². The molecule has 0 N–H and O–H groups in total. The summed E-state index contributed by atoms with van der Waals surface area (Å²) in [4.78, 5) is 17.3. The lowest BCUT2D eigenvalue weighted by Gasteiger charge is -2.32. The fourth-order valence-electron chi connectivity index (χ4n) is 2.23. The Labute approximate surface area is 90.1 Å². The van der Waals surface area contributed by atoms with Gasteiger partial charge in [-0.05, 0) is 36.5 Å². The number of hydrogen-bond acceptors (Lipinski definition) is 2. The molecule has 1 heterocycles. The number of fused-ring (bicyclic) bond motifs is 1. The molecule has 3 heteroatoms. The minimum absolute atomic E-state index is 0.122. The largest absolute Gasteiger partial charge is 0.339 e. The van der Waals surface area contributed by atoms with Crippen LogP contribution in [0.25, 0.3) is 0 Å². The van der Waals surface area contributed by atoms with E-state index in [1.807, 2.05) is 24.3 Å². The molecule has 15 heavy (non-hydrogen) atoms. The van der Waals surface area contributed by atoms with Gasteiger partial charge in [0.25, 0.3) is 0 Å². The van der Waals surface area contributed by atoms with Gasteiger partial charge in [-0.25, -0.2) is 0 Å². The highest BCUT2D eigenvalue weighted by Gasteiger charge is 2.24. The fourth-order valence-corrected chi connectivity index (χ4v) is 2.23. The van der Waals surface area contributed by atoms with E-state index in [0.717, 1.165) is 19.3 Å². The molecule has 1 aromatic heterocycles. The molecule has 1 amide bonds. The molecule has 0 saturated heterocycles. The summed E-state index contributed by atoms with van der Waals surface area (Å²) < 4.78 is 0. The number of hydrogen-bond donors (Lipinski definition) is 0. The first kappa shape index (κ1) is 10.1. The summed E-state index contributed by atoms with van der Waals surface area (Å²) >= 11 is 0. The van der Waals surface area contributed by atoms with E-state index in [1.54, 1.807) is 6.92 Å². The number of carbonyl (C=O) groups is 1. The van der Waals surface area contributed by atoms with Crippen molar-refractivity contribution in [3.05, 3.63) is 29.6 Å². The molecule has 0 bridgehead atoms. The van der Waals surface area contributed by atoms with Crippen molar-refractivity contribution in [2.24, 2.45) is 0 Å². The maximum atomic E-state index is 11.4. The predicted molar refractivity (Wildman–Crippen MR) is 58.4 cm³/mol. The molecule has 1 aliphatic rings. The van der Waals surface area contributed by atoms with E-state index in [1.165, 1.54) is 11.1 Å². The summed E-state index contributed by atoms with van der Waals surface area (Å²) in [6.45, 7) is 1.62. The van der Waals surface area contributed by atoms with Crippen LogP contribution < -0.4 is 0 Å². The van der Waals surface area contributed by atoms with Gasteiger partial charge >= 0.3 is 0 Å². The van der Waals surface area contributed by atoms with Gasteiger partial charge in [-0.2, -0.15) is 0 Å². The van der Waals surface area contributed by atoms with E-state index in [0.29, 0.717) is 0 Å². The number of aryl methyl sites for hydroxylation is 1. The molecular weight excluding hydrogens is 188 g/mol. The summed E-state index contributed by atoms with van der Waals surface area (Å²) in [6.07, 6.45) is 7.04. The lowest BCUT2D eigenvalue weighted by atomic mass is 9.88. The summed E-state index contributed by atoms with van der Waals surface area (Å²) in [7, 11) is 1.87. The lowest BCUT2D eigenvalue weighted by molar-refractivity contribution is -0.130. The van der Waals surface area contributed by atoms with Gasteiger partial charge in [0.2, 0.25) is 5.91 Å². The van der Waals surface area contributed by atoms with Crippen molar-refractivity contribution in [1.29, 1.82) is 0 Å². The number of aromatic nitrogens is 1. The summed E-state index contributed by atoms with van der Waals surface area (Å²) in [6, 6.07) is 2.29. The van der Waals surface area contributed by atoms with Crippen LogP contribution in [-0.4, -0.2) is 22.8 Å². The number of amides is 1. The molecule has 3 nitrogen and oxygen atoms in total. The molecule has 1 atom stereocenters. The Morgan fingerprint density at radius 3 is 3.13 bits per heavy atom. The van der Waals surface area contributed by atoms with Crippen molar-refractivity contribution in [1.82, 2.24) is 9.88 Å². The first-order valence-electron chi connectivity index (χ1n) is 5.36. The standard InChI is InChI=1S/C12H16N2O/c1-9(15)14(2)12-5-3-4-10-6-7-13-8-11(10)12/h6-8,12H,3-5H2,1-2H3/t12-/m0/s1. The van der Waals surface area contributed by atoms with Crippen molar-refractivity contribution in [3.8, 4) is 0 Å². The topological polar surface area (TPSA) is 33.2 Å². The number of nitrogens with zero attached hydrogens (tertiary/aromatic N) is 2. The second kappa shape index (κ2) is 4.01. The average molecular weight is 204 g/mol. The Kier molecular flexibility index (Phi) is 2.71. The van der Waals surface area contributed by atoms with E-state index in [2.05, 4.69) is 11.1 Å². The molecule has 0 saturated carbocycles. The van der Waals surface area contributed by atoms with Gasteiger partial charge in [0.15, 0.2) is 0 Å². The van der Waals surface area contributed by atoms with Crippen LogP contribution in [0.2, 0.25) is 0 Å². The number of pyridine rings is 1. The maximum absolute atomic E-state index is 11.4. The molecule has 0 aromatic carbocycles. The van der Waals surface area contributed by atoms with Crippen LogP contribution in [0.4, 0.5) is 0 Å². The Balaban J connectivity index is 2.33. The molecule has 0 aliphatic heterocycles. The van der Waals surface area contributed by atoms with Gasteiger partial charge in [0.1, 0.15) is 0 Å². The van der Waals surface area contributed by atoms with Crippen molar-refractivity contribution in [2.75, 3.05) is 7.05 Å². The first-order chi connectivity index (χ1) is 7.20. The molecule has 0 spiro atoms. The van der Waals surface area contributed by atoms with E-state index < -0.39 is 0 Å². The van der Waals surface area contributed by atoms with Gasteiger partial charge in [-0.15, -0.1) is 0 Å². The molecule has 0 radical (unpaired) electrons. The zero-order chi connectivity index (χ0) is 10.8. The fraction of sp³-hybridized carbons (Fsp3) is 0.500. The third-order valence-corrected chi connectivity index (χ3v) is 3.19. The molecule has 80 valence electrons. The molecular formula is C12H16N2O. The summed E-state index contributed by atoms with van der Waals surface area (Å²) in [5.41, 5.74) is 2.57. The van der Waals surface area contributed by atoms with Gasteiger partial charge in [0.05, 0.1) is 6.04 Å². The highest BCUT2D eigenvalue weighted by atomic mass is 16.2. The zero-order valence-corrected chi connectivity index (χ0v) is 9.23. The third kappa shape index (κ3) is 1.87. The van der Waals surface area contributed by atoms with Gasteiger partial charge < -0.3 is 4.90 Å². The van der Waals surface area contributed by atoms with E-state index >= 15 is 0 Å². The highest BCUT2D eigenvalue weighted by molar-refractivity contribution is 5.73. The van der Waals surface area contributed by atoms with Crippen molar-refractivity contribution in [3.63, 3.8) is 0 Å². The van der Waals surface area contributed by atoms with Gasteiger partial charge in [-0.3, -0.25) is 9.78 Å². The minimum atomic E-state index is 0.122. The molecule has 1 aliphatic carbocycles. The van der Waals surface area contributed by atoms with Crippen LogP contribution in [0, 0.1) is 0 Å².